The molecule has 0 spiro atoms. The number of aromatic nitrogens is 2. The van der Waals surface area contributed by atoms with Crippen LogP contribution in [0, 0.1) is 12.7 Å². The zero-order valence-corrected chi connectivity index (χ0v) is 13.6. The molecule has 3 rings (SSSR count). The molecule has 0 aliphatic carbocycles. The number of halogens is 1. The van der Waals surface area contributed by atoms with E-state index >= 15 is 0 Å². The van der Waals surface area contributed by atoms with Gasteiger partial charge in [0.25, 0.3) is 5.91 Å². The average molecular weight is 333 g/mol. The summed E-state index contributed by atoms with van der Waals surface area (Å²) in [6, 6.07) is 5.83. The fraction of sp³-hybridized carbons (Fsp3) is 0.471. The normalized spacial score (nSPS) is 18.2. The first kappa shape index (κ1) is 16.4. The number of nitrogens with zero attached hydrogens (tertiary/aromatic N) is 3. The molecular weight excluding hydrogens is 313 g/mol. The molecule has 1 fully saturated rings. The van der Waals surface area contributed by atoms with Gasteiger partial charge in [-0.05, 0) is 25.0 Å². The number of hydrogen-bond donors (Lipinski definition) is 0. The van der Waals surface area contributed by atoms with Gasteiger partial charge in [0.2, 0.25) is 5.89 Å². The second kappa shape index (κ2) is 7.42. The molecule has 6 nitrogen and oxygen atoms in total. The standard InChI is InChI=1S/C17H20FN3O3/c1-12-19-17(20-24-12)14-8-3-2-6-10-21(14)16(22)11-23-15-9-5-4-7-13(15)18/h4-5,7,9,14H,2-3,6,8,10-11H2,1H3/t14-/m0/s1. The van der Waals surface area contributed by atoms with Crippen molar-refractivity contribution in [3.8, 4) is 5.75 Å². The molecular formula is C17H20FN3O3. The van der Waals surface area contributed by atoms with Crippen LogP contribution < -0.4 is 4.74 Å². The topological polar surface area (TPSA) is 68.5 Å². The van der Waals surface area contributed by atoms with Gasteiger partial charge in [-0.2, -0.15) is 4.98 Å². The van der Waals surface area contributed by atoms with Crippen LogP contribution in [0.4, 0.5) is 4.39 Å². The maximum absolute atomic E-state index is 13.6. The molecule has 1 atom stereocenters. The predicted octanol–water partition coefficient (Wildman–Crippen LogP) is 3.04. The summed E-state index contributed by atoms with van der Waals surface area (Å²) in [6.45, 7) is 2.12. The highest BCUT2D eigenvalue weighted by molar-refractivity contribution is 5.78. The highest BCUT2D eigenvalue weighted by Gasteiger charge is 2.30. The van der Waals surface area contributed by atoms with Gasteiger partial charge in [-0.25, -0.2) is 4.39 Å². The summed E-state index contributed by atoms with van der Waals surface area (Å²) in [5, 5.41) is 3.97. The first-order valence-electron chi connectivity index (χ1n) is 8.12. The molecule has 0 unspecified atom stereocenters. The zero-order chi connectivity index (χ0) is 16.9. The fourth-order valence-electron chi connectivity index (χ4n) is 2.91. The minimum atomic E-state index is -0.480. The third kappa shape index (κ3) is 3.72. The van der Waals surface area contributed by atoms with Crippen LogP contribution in [0.5, 0.6) is 5.75 Å². The van der Waals surface area contributed by atoms with Crippen LogP contribution in [0.2, 0.25) is 0 Å². The molecule has 1 amide bonds. The van der Waals surface area contributed by atoms with E-state index in [4.69, 9.17) is 9.26 Å². The van der Waals surface area contributed by atoms with E-state index in [-0.39, 0.29) is 24.3 Å². The number of amides is 1. The van der Waals surface area contributed by atoms with E-state index < -0.39 is 5.82 Å². The first-order chi connectivity index (χ1) is 11.6. The highest BCUT2D eigenvalue weighted by Crippen LogP contribution is 2.28. The predicted molar refractivity (Wildman–Crippen MR) is 83.9 cm³/mol. The van der Waals surface area contributed by atoms with Gasteiger partial charge in [0.1, 0.15) is 0 Å². The molecule has 7 heteroatoms. The maximum Gasteiger partial charge on any atom is 0.261 e. The SMILES string of the molecule is Cc1nc([C@@H]2CCCCCN2C(=O)COc2ccccc2F)no1. The Labute approximate surface area is 139 Å². The number of carbonyl (C=O) groups is 1. The smallest absolute Gasteiger partial charge is 0.261 e. The molecule has 2 aromatic rings. The molecule has 128 valence electrons. The van der Waals surface area contributed by atoms with Crippen LogP contribution in [0.15, 0.2) is 28.8 Å². The third-order valence-electron chi connectivity index (χ3n) is 4.10. The van der Waals surface area contributed by atoms with E-state index in [0.29, 0.717) is 18.3 Å². The average Bonchev–Trinajstić information content (AvgIpc) is 2.86. The summed E-state index contributed by atoms with van der Waals surface area (Å²) in [5.74, 6) is 0.393. The summed E-state index contributed by atoms with van der Waals surface area (Å²) in [7, 11) is 0. The van der Waals surface area contributed by atoms with Crippen molar-refractivity contribution in [2.75, 3.05) is 13.2 Å². The lowest BCUT2D eigenvalue weighted by Crippen LogP contribution is -2.38. The number of likely N-dealkylation sites (tertiary alicyclic amines) is 1. The molecule has 0 radical (unpaired) electrons. The van der Waals surface area contributed by atoms with E-state index in [0.717, 1.165) is 25.7 Å². The first-order valence-corrected chi connectivity index (χ1v) is 8.12. The van der Waals surface area contributed by atoms with E-state index in [1.165, 1.54) is 12.1 Å². The number of hydrogen-bond acceptors (Lipinski definition) is 5. The van der Waals surface area contributed by atoms with Gasteiger partial charge in [0.15, 0.2) is 24.0 Å². The Kier molecular flexibility index (Phi) is 5.08. The molecule has 0 saturated carbocycles. The van der Waals surface area contributed by atoms with Crippen LogP contribution >= 0.6 is 0 Å². The van der Waals surface area contributed by atoms with Crippen LogP contribution in [-0.2, 0) is 4.79 Å². The van der Waals surface area contributed by atoms with Gasteiger partial charge >= 0.3 is 0 Å². The van der Waals surface area contributed by atoms with Crippen LogP contribution in [-0.4, -0.2) is 34.1 Å². The van der Waals surface area contributed by atoms with E-state index in [1.54, 1.807) is 24.0 Å². The second-order valence-electron chi connectivity index (χ2n) is 5.84. The highest BCUT2D eigenvalue weighted by atomic mass is 19.1. The molecule has 1 aliphatic heterocycles. The summed E-state index contributed by atoms with van der Waals surface area (Å²) >= 11 is 0. The van der Waals surface area contributed by atoms with Crippen molar-refractivity contribution in [1.82, 2.24) is 15.0 Å². The monoisotopic (exact) mass is 333 g/mol. The molecule has 1 aromatic heterocycles. The Hall–Kier alpha value is -2.44. The Morgan fingerprint density at radius 3 is 2.96 bits per heavy atom. The molecule has 0 N–H and O–H groups in total. The van der Waals surface area contributed by atoms with Gasteiger partial charge in [-0.15, -0.1) is 0 Å². The lowest BCUT2D eigenvalue weighted by atomic mass is 10.1. The summed E-state index contributed by atoms with van der Waals surface area (Å²) in [5.41, 5.74) is 0. The number of ether oxygens (including phenoxy) is 1. The summed E-state index contributed by atoms with van der Waals surface area (Å²) < 4.78 is 24.0. The fourth-order valence-corrected chi connectivity index (χ4v) is 2.91. The lowest BCUT2D eigenvalue weighted by molar-refractivity contribution is -0.136. The lowest BCUT2D eigenvalue weighted by Gasteiger charge is -2.27. The Morgan fingerprint density at radius 2 is 2.21 bits per heavy atom. The Bertz CT molecular complexity index is 704. The van der Waals surface area contributed by atoms with Crippen molar-refractivity contribution in [2.45, 2.75) is 38.6 Å². The van der Waals surface area contributed by atoms with E-state index in [1.807, 2.05) is 0 Å². The van der Waals surface area contributed by atoms with Crippen molar-refractivity contribution < 1.29 is 18.4 Å². The van der Waals surface area contributed by atoms with Crippen molar-refractivity contribution >= 4 is 5.91 Å². The van der Waals surface area contributed by atoms with Crippen molar-refractivity contribution in [2.24, 2.45) is 0 Å². The zero-order valence-electron chi connectivity index (χ0n) is 13.6. The van der Waals surface area contributed by atoms with E-state index in [2.05, 4.69) is 10.1 Å². The van der Waals surface area contributed by atoms with Crippen molar-refractivity contribution in [3.63, 3.8) is 0 Å². The van der Waals surface area contributed by atoms with Crippen molar-refractivity contribution in [3.05, 3.63) is 41.8 Å². The third-order valence-corrected chi connectivity index (χ3v) is 4.10. The molecule has 24 heavy (non-hydrogen) atoms. The minimum absolute atomic E-state index is 0.0765. The van der Waals surface area contributed by atoms with Crippen LogP contribution in [0.25, 0.3) is 0 Å². The minimum Gasteiger partial charge on any atom is -0.481 e. The summed E-state index contributed by atoms with van der Waals surface area (Å²) in [4.78, 5) is 18.6. The second-order valence-corrected chi connectivity index (χ2v) is 5.84. The van der Waals surface area contributed by atoms with Crippen LogP contribution in [0.3, 0.4) is 0 Å². The molecule has 1 saturated heterocycles. The van der Waals surface area contributed by atoms with E-state index in [9.17, 15) is 9.18 Å². The molecule has 0 bridgehead atoms. The quantitative estimate of drug-likeness (QED) is 0.860. The molecule has 1 aromatic carbocycles. The van der Waals surface area contributed by atoms with Gasteiger partial charge in [-0.3, -0.25) is 4.79 Å². The van der Waals surface area contributed by atoms with Gasteiger partial charge < -0.3 is 14.2 Å². The van der Waals surface area contributed by atoms with Crippen LogP contribution in [0.1, 0.15) is 43.4 Å². The number of carbonyl (C=O) groups excluding carboxylic acids is 1. The van der Waals surface area contributed by atoms with Gasteiger partial charge in [0.05, 0.1) is 6.04 Å². The number of para-hydroxylation sites is 1. The number of aryl methyl sites for hydroxylation is 1. The Morgan fingerprint density at radius 1 is 1.38 bits per heavy atom. The van der Waals surface area contributed by atoms with Gasteiger partial charge in [0, 0.05) is 13.5 Å². The maximum atomic E-state index is 13.6. The molecule has 1 aliphatic rings. The number of rotatable bonds is 4. The summed E-state index contributed by atoms with van der Waals surface area (Å²) in [6.07, 6.45) is 3.74. The largest absolute Gasteiger partial charge is 0.481 e. The van der Waals surface area contributed by atoms with Gasteiger partial charge in [-0.1, -0.05) is 30.1 Å². The Balaban J connectivity index is 1.71. The molecule has 2 heterocycles. The number of benzene rings is 1. The van der Waals surface area contributed by atoms with Crippen molar-refractivity contribution in [1.29, 1.82) is 0 Å².